The third-order valence-corrected chi connectivity index (χ3v) is 3.42. The Hall–Kier alpha value is -2.88. The molecule has 0 bridgehead atoms. The van der Waals surface area contributed by atoms with Crippen molar-refractivity contribution in [2.45, 2.75) is 46.6 Å². The maximum Gasteiger partial charge on any atom is 0.333 e. The Bertz CT molecular complexity index is 816. The highest BCUT2D eigenvalue weighted by Crippen LogP contribution is 2.26. The summed E-state index contributed by atoms with van der Waals surface area (Å²) in [6, 6.07) is 8.84. The monoisotopic (exact) mass is 340 g/mol. The normalized spacial score (nSPS) is 11.7. The average Bonchev–Trinajstić information content (AvgIpc) is 2.49. The molecule has 2 amide bonds. The highest BCUT2D eigenvalue weighted by molar-refractivity contribution is 5.90. The topological polar surface area (TPSA) is 103 Å². The first-order chi connectivity index (χ1) is 11.6. The van der Waals surface area contributed by atoms with Gasteiger partial charge in [-0.2, -0.15) is 10.2 Å². The van der Waals surface area contributed by atoms with E-state index in [2.05, 4.69) is 46.9 Å². The molecule has 0 aliphatic carbocycles. The van der Waals surface area contributed by atoms with Gasteiger partial charge in [0.05, 0.1) is 5.52 Å². The zero-order chi connectivity index (χ0) is 18.7. The maximum atomic E-state index is 12.2. The van der Waals surface area contributed by atoms with Crippen LogP contribution in [0.15, 0.2) is 24.3 Å². The van der Waals surface area contributed by atoms with E-state index in [1.807, 2.05) is 38.1 Å². The zero-order valence-corrected chi connectivity index (χ0v) is 15.3. The van der Waals surface area contributed by atoms with Crippen molar-refractivity contribution < 1.29 is 4.79 Å². The van der Waals surface area contributed by atoms with Gasteiger partial charge >= 0.3 is 6.03 Å². The summed E-state index contributed by atoms with van der Waals surface area (Å²) in [6.07, 6.45) is 0.822. The second kappa shape index (κ2) is 6.93. The number of anilines is 1. The van der Waals surface area contributed by atoms with Crippen molar-refractivity contribution in [2.75, 3.05) is 5.43 Å². The largest absolute Gasteiger partial charge is 0.333 e. The number of fused-ring (bicyclic) bond motifs is 1. The summed E-state index contributed by atoms with van der Waals surface area (Å²) in [6.45, 7) is 10.3. The molecule has 1 heterocycles. The molecule has 2 aromatic rings. The molecule has 0 spiro atoms. The van der Waals surface area contributed by atoms with Crippen LogP contribution in [0, 0.1) is 16.7 Å². The minimum Gasteiger partial charge on any atom is -0.332 e. The summed E-state index contributed by atoms with van der Waals surface area (Å²) in [5.74, 6) is 0.419. The van der Waals surface area contributed by atoms with E-state index in [4.69, 9.17) is 5.26 Å². The van der Waals surface area contributed by atoms with E-state index in [0.717, 1.165) is 11.8 Å². The molecule has 0 radical (unpaired) electrons. The predicted octanol–water partition coefficient (Wildman–Crippen LogP) is 3.34. The third kappa shape index (κ3) is 5.31. The Balaban J connectivity index is 2.10. The number of nitriles is 1. The molecule has 2 rings (SSSR count). The molecule has 0 saturated heterocycles. The van der Waals surface area contributed by atoms with Crippen molar-refractivity contribution in [3.63, 3.8) is 0 Å². The van der Waals surface area contributed by atoms with Gasteiger partial charge < -0.3 is 5.32 Å². The second-order valence-corrected chi connectivity index (χ2v) is 7.85. The van der Waals surface area contributed by atoms with Crippen LogP contribution in [-0.2, 0) is 0 Å². The van der Waals surface area contributed by atoms with E-state index >= 15 is 0 Å². The van der Waals surface area contributed by atoms with E-state index in [-0.39, 0.29) is 22.8 Å². The van der Waals surface area contributed by atoms with Crippen molar-refractivity contribution >= 4 is 22.8 Å². The summed E-state index contributed by atoms with van der Waals surface area (Å²) in [5.41, 5.74) is 5.73. The number of urea groups is 1. The van der Waals surface area contributed by atoms with E-state index in [9.17, 15) is 4.79 Å². The molecule has 25 heavy (non-hydrogen) atoms. The quantitative estimate of drug-likeness (QED) is 0.741. The molecule has 1 aromatic carbocycles. The lowest BCUT2D eigenvalue weighted by Crippen LogP contribution is -2.51. The fourth-order valence-electron chi connectivity index (χ4n) is 3.05. The highest BCUT2D eigenvalue weighted by Gasteiger charge is 2.27. The molecule has 3 N–H and O–H groups in total. The van der Waals surface area contributed by atoms with Crippen LogP contribution in [0.25, 0.3) is 10.9 Å². The van der Waals surface area contributed by atoms with Gasteiger partial charge in [0.1, 0.15) is 6.07 Å². The number of amides is 2. The molecule has 7 heteroatoms. The van der Waals surface area contributed by atoms with Crippen molar-refractivity contribution in [1.82, 2.24) is 20.7 Å². The maximum absolute atomic E-state index is 12.2. The Kier molecular flexibility index (Phi) is 5.12. The summed E-state index contributed by atoms with van der Waals surface area (Å²) in [7, 11) is 0. The number of hydrogen-bond donors (Lipinski definition) is 3. The molecule has 0 fully saturated rings. The zero-order valence-electron chi connectivity index (χ0n) is 15.3. The highest BCUT2D eigenvalue weighted by atomic mass is 16.2. The van der Waals surface area contributed by atoms with Crippen LogP contribution >= 0.6 is 0 Å². The Morgan fingerprint density at radius 3 is 2.48 bits per heavy atom. The Morgan fingerprint density at radius 1 is 1.16 bits per heavy atom. The van der Waals surface area contributed by atoms with Gasteiger partial charge in [-0.1, -0.05) is 32.9 Å². The van der Waals surface area contributed by atoms with Gasteiger partial charge in [0, 0.05) is 10.9 Å². The van der Waals surface area contributed by atoms with E-state index < -0.39 is 0 Å². The van der Waals surface area contributed by atoms with Gasteiger partial charge in [0.25, 0.3) is 0 Å². The number of para-hydroxylation sites is 1. The summed E-state index contributed by atoms with van der Waals surface area (Å²) in [5, 5.41) is 12.7. The predicted molar refractivity (Wildman–Crippen MR) is 97.7 cm³/mol. The number of hydrazine groups is 1. The molecule has 7 nitrogen and oxygen atoms in total. The molecule has 0 unspecified atom stereocenters. The lowest BCUT2D eigenvalue weighted by atomic mass is 9.82. The van der Waals surface area contributed by atoms with Crippen LogP contribution < -0.4 is 16.2 Å². The molecule has 1 aromatic heterocycles. The summed E-state index contributed by atoms with van der Waals surface area (Å²) in [4.78, 5) is 20.5. The van der Waals surface area contributed by atoms with E-state index in [1.165, 1.54) is 0 Å². The van der Waals surface area contributed by atoms with Gasteiger partial charge in [-0.15, -0.1) is 0 Å². The number of carbonyl (C=O) groups is 1. The number of nitrogens with one attached hydrogen (secondary N) is 3. The van der Waals surface area contributed by atoms with Crippen LogP contribution in [-0.4, -0.2) is 21.5 Å². The average molecular weight is 340 g/mol. The first kappa shape index (κ1) is 18.5. The number of nitrogens with zero attached hydrogens (tertiary/aromatic N) is 3. The van der Waals surface area contributed by atoms with Gasteiger partial charge in [0.2, 0.25) is 5.82 Å². The number of rotatable bonds is 4. The minimum absolute atomic E-state index is 0.0384. The first-order valence-electron chi connectivity index (χ1n) is 8.11. The van der Waals surface area contributed by atoms with Crippen LogP contribution in [0.4, 0.5) is 10.6 Å². The second-order valence-electron chi connectivity index (χ2n) is 7.85. The molecular weight excluding hydrogens is 316 g/mol. The molecule has 132 valence electrons. The van der Waals surface area contributed by atoms with Crippen molar-refractivity contribution in [2.24, 2.45) is 5.41 Å². The molecule has 0 aliphatic rings. The van der Waals surface area contributed by atoms with Crippen LogP contribution in [0.1, 0.15) is 46.9 Å². The fourth-order valence-corrected chi connectivity index (χ4v) is 3.05. The van der Waals surface area contributed by atoms with Gasteiger partial charge in [-0.05, 0) is 37.8 Å². The van der Waals surface area contributed by atoms with Crippen LogP contribution in [0.3, 0.4) is 0 Å². The Labute approximate surface area is 147 Å². The molecule has 0 aliphatic heterocycles. The smallest absolute Gasteiger partial charge is 0.332 e. The number of carbonyl (C=O) groups excluding carboxylic acids is 1. The lowest BCUT2D eigenvalue weighted by Gasteiger charge is -2.33. The van der Waals surface area contributed by atoms with Crippen LogP contribution in [0.2, 0.25) is 0 Å². The SMILES string of the molecule is CC(C)(C)CC(C)(C)NC(=O)NNc1nc(C#N)nc2ccccc12. The third-order valence-electron chi connectivity index (χ3n) is 3.42. The molecule has 0 saturated carbocycles. The summed E-state index contributed by atoms with van der Waals surface area (Å²) < 4.78 is 0. The molecule has 0 atom stereocenters. The number of aromatic nitrogens is 2. The first-order valence-corrected chi connectivity index (χ1v) is 8.11. The van der Waals surface area contributed by atoms with Gasteiger partial charge in [-0.25, -0.2) is 9.78 Å². The van der Waals surface area contributed by atoms with Crippen molar-refractivity contribution in [3.05, 3.63) is 30.1 Å². The fraction of sp³-hybridized carbons (Fsp3) is 0.444. The molecular formula is C18H24N6O. The lowest BCUT2D eigenvalue weighted by molar-refractivity contribution is 0.212. The summed E-state index contributed by atoms with van der Waals surface area (Å²) >= 11 is 0. The number of hydrogen-bond acceptors (Lipinski definition) is 5. The van der Waals surface area contributed by atoms with Gasteiger partial charge in [0.15, 0.2) is 5.82 Å². The minimum atomic E-state index is -0.366. The van der Waals surface area contributed by atoms with Crippen molar-refractivity contribution in [1.29, 1.82) is 5.26 Å². The van der Waals surface area contributed by atoms with E-state index in [1.54, 1.807) is 6.07 Å². The van der Waals surface area contributed by atoms with Crippen molar-refractivity contribution in [3.8, 4) is 6.07 Å². The van der Waals surface area contributed by atoms with Crippen LogP contribution in [0.5, 0.6) is 0 Å². The van der Waals surface area contributed by atoms with Gasteiger partial charge in [-0.3, -0.25) is 10.9 Å². The number of benzene rings is 1. The Morgan fingerprint density at radius 2 is 1.84 bits per heavy atom. The standard InChI is InChI=1S/C18H24N6O/c1-17(2,3)11-18(4,5)22-16(25)24-23-15-12-8-6-7-9-13(12)20-14(10-19)21-15/h6-9H,11H2,1-5H3,(H,20,21,23)(H2,22,24,25). The van der Waals surface area contributed by atoms with E-state index in [0.29, 0.717) is 11.3 Å².